The highest BCUT2D eigenvalue weighted by Crippen LogP contribution is 2.23. The molecule has 4 nitrogen and oxygen atoms in total. The number of aliphatic hydroxyl groups excluding tert-OH is 1. The number of nitrogens with zero attached hydrogens (tertiary/aromatic N) is 1. The number of hydrogen-bond acceptors (Lipinski definition) is 4. The molecular weight excluding hydrogens is 230 g/mol. The first-order chi connectivity index (χ1) is 8.69. The second kappa shape index (κ2) is 7.95. The van der Waals surface area contributed by atoms with Crippen molar-refractivity contribution in [3.63, 3.8) is 0 Å². The summed E-state index contributed by atoms with van der Waals surface area (Å²) in [7, 11) is 5.34. The zero-order valence-corrected chi connectivity index (χ0v) is 11.5. The molecule has 0 saturated carbocycles. The number of benzene rings is 1. The maximum absolute atomic E-state index is 8.81. The van der Waals surface area contributed by atoms with E-state index in [0.717, 1.165) is 37.4 Å². The van der Waals surface area contributed by atoms with Crippen LogP contribution in [0.1, 0.15) is 12.0 Å². The summed E-state index contributed by atoms with van der Waals surface area (Å²) < 4.78 is 10.5. The van der Waals surface area contributed by atoms with E-state index in [0.29, 0.717) is 0 Å². The van der Waals surface area contributed by atoms with Crippen LogP contribution in [-0.4, -0.2) is 51.0 Å². The van der Waals surface area contributed by atoms with Crippen LogP contribution in [-0.2, 0) is 6.42 Å². The summed E-state index contributed by atoms with van der Waals surface area (Å²) in [4.78, 5) is 2.12. The van der Waals surface area contributed by atoms with Crippen molar-refractivity contribution in [3.05, 3.63) is 23.8 Å². The maximum atomic E-state index is 8.81. The first-order valence-corrected chi connectivity index (χ1v) is 6.21. The van der Waals surface area contributed by atoms with Gasteiger partial charge in [0.2, 0.25) is 0 Å². The second-order valence-electron chi connectivity index (χ2n) is 4.35. The third-order valence-corrected chi connectivity index (χ3v) is 2.90. The van der Waals surface area contributed by atoms with Crippen LogP contribution in [0.15, 0.2) is 18.2 Å². The number of likely N-dealkylation sites (N-methyl/N-ethyl adjacent to an activating group) is 1. The lowest BCUT2D eigenvalue weighted by atomic mass is 10.1. The summed E-state index contributed by atoms with van der Waals surface area (Å²) in [5.41, 5.74) is 1.21. The number of aliphatic hydroxyl groups is 1. The van der Waals surface area contributed by atoms with Crippen LogP contribution >= 0.6 is 0 Å². The first-order valence-electron chi connectivity index (χ1n) is 6.21. The molecule has 102 valence electrons. The molecule has 0 unspecified atom stereocenters. The van der Waals surface area contributed by atoms with Gasteiger partial charge in [0.15, 0.2) is 0 Å². The van der Waals surface area contributed by atoms with Gasteiger partial charge in [0.05, 0.1) is 20.8 Å². The highest BCUT2D eigenvalue weighted by molar-refractivity contribution is 5.38. The monoisotopic (exact) mass is 253 g/mol. The molecule has 0 saturated heterocycles. The lowest BCUT2D eigenvalue weighted by Gasteiger charge is -2.15. The van der Waals surface area contributed by atoms with Gasteiger partial charge in [0, 0.05) is 12.6 Å². The summed E-state index contributed by atoms with van der Waals surface area (Å²) in [5, 5.41) is 8.81. The minimum atomic E-state index is 0.212. The highest BCUT2D eigenvalue weighted by atomic mass is 16.5. The van der Waals surface area contributed by atoms with Crippen molar-refractivity contribution in [1.29, 1.82) is 0 Å². The van der Waals surface area contributed by atoms with E-state index in [1.807, 2.05) is 25.2 Å². The molecule has 0 amide bonds. The quantitative estimate of drug-likeness (QED) is 0.763. The molecule has 0 fully saturated rings. The second-order valence-corrected chi connectivity index (χ2v) is 4.35. The zero-order valence-electron chi connectivity index (χ0n) is 11.5. The molecule has 1 N–H and O–H groups in total. The molecule has 0 aliphatic carbocycles. The van der Waals surface area contributed by atoms with Gasteiger partial charge in [-0.25, -0.2) is 0 Å². The molecule has 18 heavy (non-hydrogen) atoms. The SMILES string of the molecule is COc1cc(CCCN(C)CCO)cc(OC)c1. The van der Waals surface area contributed by atoms with E-state index < -0.39 is 0 Å². The van der Waals surface area contributed by atoms with Crippen LogP contribution < -0.4 is 9.47 Å². The average molecular weight is 253 g/mol. The van der Waals surface area contributed by atoms with Crippen LogP contribution in [0.3, 0.4) is 0 Å². The molecule has 0 atom stereocenters. The van der Waals surface area contributed by atoms with Gasteiger partial charge in [-0.3, -0.25) is 0 Å². The van der Waals surface area contributed by atoms with Gasteiger partial charge in [0.25, 0.3) is 0 Å². The van der Waals surface area contributed by atoms with E-state index >= 15 is 0 Å². The van der Waals surface area contributed by atoms with Crippen LogP contribution in [0.5, 0.6) is 11.5 Å². The van der Waals surface area contributed by atoms with Gasteiger partial charge in [-0.1, -0.05) is 0 Å². The van der Waals surface area contributed by atoms with E-state index in [2.05, 4.69) is 4.90 Å². The predicted molar refractivity (Wildman–Crippen MR) is 72.4 cm³/mol. The van der Waals surface area contributed by atoms with E-state index in [9.17, 15) is 0 Å². The zero-order chi connectivity index (χ0) is 13.4. The van der Waals surface area contributed by atoms with E-state index in [4.69, 9.17) is 14.6 Å². The molecule has 0 aliphatic rings. The molecule has 0 spiro atoms. The average Bonchev–Trinajstić information content (AvgIpc) is 2.38. The van der Waals surface area contributed by atoms with Crippen molar-refractivity contribution < 1.29 is 14.6 Å². The number of aryl methyl sites for hydroxylation is 1. The largest absolute Gasteiger partial charge is 0.497 e. The fraction of sp³-hybridized carbons (Fsp3) is 0.571. The summed E-state index contributed by atoms with van der Waals surface area (Å²) >= 11 is 0. The molecule has 0 bridgehead atoms. The Hall–Kier alpha value is -1.26. The van der Waals surface area contributed by atoms with Gasteiger partial charge in [0.1, 0.15) is 11.5 Å². The Morgan fingerprint density at radius 3 is 2.17 bits per heavy atom. The van der Waals surface area contributed by atoms with Crippen molar-refractivity contribution in [2.45, 2.75) is 12.8 Å². The van der Waals surface area contributed by atoms with Crippen molar-refractivity contribution in [2.24, 2.45) is 0 Å². The van der Waals surface area contributed by atoms with Crippen LogP contribution in [0.2, 0.25) is 0 Å². The minimum Gasteiger partial charge on any atom is -0.497 e. The highest BCUT2D eigenvalue weighted by Gasteiger charge is 2.03. The van der Waals surface area contributed by atoms with E-state index in [-0.39, 0.29) is 6.61 Å². The van der Waals surface area contributed by atoms with Gasteiger partial charge in [-0.05, 0) is 44.1 Å². The summed E-state index contributed by atoms with van der Waals surface area (Å²) in [6.45, 7) is 1.91. The van der Waals surface area contributed by atoms with Gasteiger partial charge >= 0.3 is 0 Å². The van der Waals surface area contributed by atoms with Gasteiger partial charge in [-0.2, -0.15) is 0 Å². The third kappa shape index (κ3) is 4.94. The van der Waals surface area contributed by atoms with Crippen LogP contribution in [0, 0.1) is 0 Å². The molecule has 1 aromatic rings. The lowest BCUT2D eigenvalue weighted by molar-refractivity contribution is 0.220. The Bertz CT molecular complexity index is 333. The van der Waals surface area contributed by atoms with E-state index in [1.165, 1.54) is 5.56 Å². The number of hydrogen-bond donors (Lipinski definition) is 1. The van der Waals surface area contributed by atoms with Crippen molar-refractivity contribution in [3.8, 4) is 11.5 Å². The Kier molecular flexibility index (Phi) is 6.54. The number of rotatable bonds is 8. The van der Waals surface area contributed by atoms with Gasteiger partial charge in [-0.15, -0.1) is 0 Å². The number of methoxy groups -OCH3 is 2. The van der Waals surface area contributed by atoms with Crippen molar-refractivity contribution >= 4 is 0 Å². The normalized spacial score (nSPS) is 10.7. The van der Waals surface area contributed by atoms with Crippen LogP contribution in [0.4, 0.5) is 0 Å². The summed E-state index contributed by atoms with van der Waals surface area (Å²) in [5.74, 6) is 1.65. The van der Waals surface area contributed by atoms with Crippen molar-refractivity contribution in [2.75, 3.05) is 41.0 Å². The molecule has 0 heterocycles. The lowest BCUT2D eigenvalue weighted by Crippen LogP contribution is -2.23. The van der Waals surface area contributed by atoms with E-state index in [1.54, 1.807) is 14.2 Å². The molecule has 1 aromatic carbocycles. The number of ether oxygens (including phenoxy) is 2. The predicted octanol–water partition coefficient (Wildman–Crippen LogP) is 1.56. The Morgan fingerprint density at radius 2 is 1.67 bits per heavy atom. The first kappa shape index (κ1) is 14.8. The molecule has 0 aliphatic heterocycles. The topological polar surface area (TPSA) is 41.9 Å². The van der Waals surface area contributed by atoms with Crippen LogP contribution in [0.25, 0.3) is 0 Å². The summed E-state index contributed by atoms with van der Waals surface area (Å²) in [6.07, 6.45) is 2.02. The Balaban J connectivity index is 2.50. The Morgan fingerprint density at radius 1 is 1.06 bits per heavy atom. The molecule has 0 aromatic heterocycles. The molecule has 1 rings (SSSR count). The smallest absolute Gasteiger partial charge is 0.122 e. The minimum absolute atomic E-state index is 0.212. The molecule has 0 radical (unpaired) electrons. The molecule has 4 heteroatoms. The fourth-order valence-corrected chi connectivity index (χ4v) is 1.85. The maximum Gasteiger partial charge on any atom is 0.122 e. The molecular formula is C14H23NO3. The third-order valence-electron chi connectivity index (χ3n) is 2.90. The fourth-order valence-electron chi connectivity index (χ4n) is 1.85. The van der Waals surface area contributed by atoms with Gasteiger partial charge < -0.3 is 19.5 Å². The standard InChI is InChI=1S/C14H23NO3/c1-15(7-8-16)6-4-5-12-9-13(17-2)11-14(10-12)18-3/h9-11,16H,4-8H2,1-3H3. The summed E-state index contributed by atoms with van der Waals surface area (Å²) in [6, 6.07) is 5.95. The Labute approximate surface area is 109 Å². The van der Waals surface area contributed by atoms with Crippen molar-refractivity contribution in [1.82, 2.24) is 4.90 Å².